The van der Waals surface area contributed by atoms with Gasteiger partial charge in [-0.2, -0.15) is 0 Å². The molecule has 6 heteroatoms. The zero-order valence-corrected chi connectivity index (χ0v) is 12.2. The molecule has 0 aliphatic carbocycles. The predicted octanol–water partition coefficient (Wildman–Crippen LogP) is 2.61. The summed E-state index contributed by atoms with van der Waals surface area (Å²) >= 11 is 3.26. The lowest BCUT2D eigenvalue weighted by Crippen LogP contribution is -2.28. The molecule has 1 atom stereocenters. The first kappa shape index (κ1) is 12.0. The van der Waals surface area contributed by atoms with E-state index in [0.29, 0.717) is 29.0 Å². The van der Waals surface area contributed by atoms with Gasteiger partial charge >= 0.3 is 5.63 Å². The number of rotatable bonds is 0. The van der Waals surface area contributed by atoms with E-state index >= 15 is 0 Å². The third-order valence-corrected chi connectivity index (χ3v) is 4.67. The van der Waals surface area contributed by atoms with Gasteiger partial charge in [0.2, 0.25) is 0 Å². The van der Waals surface area contributed by atoms with Crippen LogP contribution < -0.4 is 10.4 Å². The molecule has 0 spiro atoms. The number of oxime groups is 1. The first-order valence-electron chi connectivity index (χ1n) is 6.25. The summed E-state index contributed by atoms with van der Waals surface area (Å²) in [5.41, 5.74) is 2.51. The van der Waals surface area contributed by atoms with Crippen LogP contribution in [0, 0.1) is 12.8 Å². The van der Waals surface area contributed by atoms with Crippen LogP contribution in [-0.4, -0.2) is 18.9 Å². The molecule has 5 nitrogen and oxygen atoms in total. The minimum atomic E-state index is -0.398. The number of halogens is 1. The number of hydrogen-bond donors (Lipinski definition) is 0. The number of aryl methyl sites for hydroxylation is 1. The number of fused-ring (bicyclic) bond motifs is 5. The van der Waals surface area contributed by atoms with Crippen molar-refractivity contribution in [2.24, 2.45) is 11.1 Å². The van der Waals surface area contributed by atoms with E-state index < -0.39 is 5.63 Å². The van der Waals surface area contributed by atoms with Gasteiger partial charge in [-0.15, -0.1) is 0 Å². The van der Waals surface area contributed by atoms with Crippen molar-refractivity contribution in [3.63, 3.8) is 0 Å². The molecule has 0 N–H and O–H groups in total. The van der Waals surface area contributed by atoms with E-state index in [1.165, 1.54) is 0 Å². The van der Waals surface area contributed by atoms with Crippen LogP contribution in [0.25, 0.3) is 11.0 Å². The quantitative estimate of drug-likeness (QED) is 0.694. The van der Waals surface area contributed by atoms with E-state index in [2.05, 4.69) is 21.1 Å². The lowest BCUT2D eigenvalue weighted by molar-refractivity contribution is 0.137. The first-order chi connectivity index (χ1) is 9.66. The minimum absolute atomic E-state index is 0.0994. The molecule has 4 rings (SSSR count). The summed E-state index contributed by atoms with van der Waals surface area (Å²) in [5.74, 6) is 0.783. The third kappa shape index (κ3) is 1.48. The molecule has 2 aliphatic rings. The van der Waals surface area contributed by atoms with Crippen LogP contribution in [0.5, 0.6) is 5.75 Å². The monoisotopic (exact) mass is 335 g/mol. The van der Waals surface area contributed by atoms with Crippen LogP contribution in [-0.2, 0) is 4.84 Å². The van der Waals surface area contributed by atoms with Crippen LogP contribution in [0.4, 0.5) is 0 Å². The second kappa shape index (κ2) is 4.09. The van der Waals surface area contributed by atoms with E-state index in [0.717, 1.165) is 22.2 Å². The van der Waals surface area contributed by atoms with Gasteiger partial charge in [-0.25, -0.2) is 4.79 Å². The zero-order chi connectivity index (χ0) is 13.9. The molecular weight excluding hydrogens is 326 g/mol. The molecule has 0 saturated carbocycles. The van der Waals surface area contributed by atoms with Crippen molar-refractivity contribution >= 4 is 32.6 Å². The van der Waals surface area contributed by atoms with Gasteiger partial charge < -0.3 is 14.0 Å². The lowest BCUT2D eigenvalue weighted by Gasteiger charge is -2.22. The van der Waals surface area contributed by atoms with Gasteiger partial charge in [0.15, 0.2) is 5.58 Å². The maximum Gasteiger partial charge on any atom is 0.350 e. The van der Waals surface area contributed by atoms with Crippen LogP contribution in [0.3, 0.4) is 0 Å². The molecule has 1 unspecified atom stereocenters. The predicted molar refractivity (Wildman–Crippen MR) is 76.4 cm³/mol. The van der Waals surface area contributed by atoms with Crippen molar-refractivity contribution in [2.45, 2.75) is 6.92 Å². The second-order valence-electron chi connectivity index (χ2n) is 4.92. The summed E-state index contributed by atoms with van der Waals surface area (Å²) < 4.78 is 11.6. The molecule has 2 aromatic rings. The summed E-state index contributed by atoms with van der Waals surface area (Å²) in [6.45, 7) is 2.92. The molecule has 3 heterocycles. The molecule has 20 heavy (non-hydrogen) atoms. The topological polar surface area (TPSA) is 61.0 Å². The smallest absolute Gasteiger partial charge is 0.350 e. The molecule has 0 radical (unpaired) electrons. The van der Waals surface area contributed by atoms with Crippen molar-refractivity contribution in [2.75, 3.05) is 13.2 Å². The third-order valence-electron chi connectivity index (χ3n) is 3.75. The summed E-state index contributed by atoms with van der Waals surface area (Å²) in [6.07, 6.45) is 0. The lowest BCUT2D eigenvalue weighted by atomic mass is 9.93. The van der Waals surface area contributed by atoms with Gasteiger partial charge in [0.1, 0.15) is 29.1 Å². The van der Waals surface area contributed by atoms with Crippen LogP contribution in [0.2, 0.25) is 0 Å². The Morgan fingerprint density at radius 2 is 2.20 bits per heavy atom. The summed E-state index contributed by atoms with van der Waals surface area (Å²) in [7, 11) is 0. The Hall–Kier alpha value is -1.82. The highest BCUT2D eigenvalue weighted by Crippen LogP contribution is 2.37. The fraction of sp³-hybridized carbons (Fsp3) is 0.286. The standard InChI is InChI=1S/C14H10BrNO4/c1-6-8-2-3-9-10(13(8)20-14(17)11(6)15)12-7(4-18-9)5-19-16-12/h2-3,7H,4-5H2,1H3. The Kier molecular flexibility index (Phi) is 2.44. The fourth-order valence-electron chi connectivity index (χ4n) is 2.66. The Labute approximate surface area is 122 Å². The van der Waals surface area contributed by atoms with E-state index in [9.17, 15) is 4.79 Å². The van der Waals surface area contributed by atoms with Gasteiger partial charge in [0, 0.05) is 5.39 Å². The SMILES string of the molecule is Cc1c(Br)c(=O)oc2c3c(ccc12)OCC1CON=C31. The molecule has 0 amide bonds. The van der Waals surface area contributed by atoms with Crippen molar-refractivity contribution in [3.8, 4) is 5.75 Å². The Morgan fingerprint density at radius 1 is 1.35 bits per heavy atom. The molecule has 102 valence electrons. The second-order valence-corrected chi connectivity index (χ2v) is 5.72. The van der Waals surface area contributed by atoms with Gasteiger partial charge in [-0.3, -0.25) is 0 Å². The Morgan fingerprint density at radius 3 is 3.05 bits per heavy atom. The number of nitrogens with zero attached hydrogens (tertiary/aromatic N) is 1. The van der Waals surface area contributed by atoms with E-state index in [-0.39, 0.29) is 5.92 Å². The van der Waals surface area contributed by atoms with Crippen LogP contribution in [0.1, 0.15) is 11.1 Å². The largest absolute Gasteiger partial charge is 0.492 e. The highest BCUT2D eigenvalue weighted by Gasteiger charge is 2.34. The Balaban J connectivity index is 2.14. The van der Waals surface area contributed by atoms with Gasteiger partial charge in [0.05, 0.1) is 11.5 Å². The molecule has 1 aromatic heterocycles. The van der Waals surface area contributed by atoms with Gasteiger partial charge in [-0.05, 0) is 40.5 Å². The Bertz CT molecular complexity index is 824. The van der Waals surface area contributed by atoms with Gasteiger partial charge in [-0.1, -0.05) is 5.16 Å². The maximum atomic E-state index is 11.9. The zero-order valence-electron chi connectivity index (χ0n) is 10.6. The highest BCUT2D eigenvalue weighted by molar-refractivity contribution is 9.10. The van der Waals surface area contributed by atoms with E-state index in [1.54, 1.807) is 0 Å². The number of benzene rings is 1. The molecule has 2 aliphatic heterocycles. The van der Waals surface area contributed by atoms with Crippen molar-refractivity contribution in [3.05, 3.63) is 38.2 Å². The van der Waals surface area contributed by atoms with Crippen LogP contribution >= 0.6 is 15.9 Å². The van der Waals surface area contributed by atoms with Crippen molar-refractivity contribution in [1.29, 1.82) is 0 Å². The highest BCUT2D eigenvalue weighted by atomic mass is 79.9. The maximum absolute atomic E-state index is 11.9. The minimum Gasteiger partial charge on any atom is -0.492 e. The average Bonchev–Trinajstić information content (AvgIpc) is 2.92. The molecule has 0 saturated heterocycles. The molecular formula is C14H10BrNO4. The molecule has 0 bridgehead atoms. The summed E-state index contributed by atoms with van der Waals surface area (Å²) in [6, 6.07) is 3.78. The fourth-order valence-corrected chi connectivity index (χ4v) is 2.95. The van der Waals surface area contributed by atoms with E-state index in [4.69, 9.17) is 14.0 Å². The summed E-state index contributed by atoms with van der Waals surface area (Å²) in [4.78, 5) is 17.1. The van der Waals surface area contributed by atoms with Gasteiger partial charge in [0.25, 0.3) is 0 Å². The summed E-state index contributed by atoms with van der Waals surface area (Å²) in [5, 5.41) is 4.96. The number of ether oxygens (including phenoxy) is 1. The van der Waals surface area contributed by atoms with Crippen molar-refractivity contribution in [1.82, 2.24) is 0 Å². The molecule has 1 aromatic carbocycles. The number of hydrogen-bond acceptors (Lipinski definition) is 5. The average molecular weight is 336 g/mol. The van der Waals surface area contributed by atoms with Crippen LogP contribution in [0.15, 0.2) is 31.0 Å². The van der Waals surface area contributed by atoms with E-state index in [1.807, 2.05) is 19.1 Å². The normalized spacial score (nSPS) is 19.9. The first-order valence-corrected chi connectivity index (χ1v) is 7.05. The molecule has 0 fully saturated rings. The van der Waals surface area contributed by atoms with Crippen molar-refractivity contribution < 1.29 is 14.0 Å².